The lowest BCUT2D eigenvalue weighted by Crippen LogP contribution is -2.44. The predicted octanol–water partition coefficient (Wildman–Crippen LogP) is 8.60. The number of nitrogens with zero attached hydrogens (tertiary/aromatic N) is 2. The molecule has 0 spiro atoms. The molecule has 6 aromatic rings. The van der Waals surface area contributed by atoms with E-state index in [1.165, 1.54) is 28.8 Å². The zero-order valence-electron chi connectivity index (χ0n) is 27.6. The van der Waals surface area contributed by atoms with Gasteiger partial charge in [0.05, 0.1) is 11.1 Å². The molecule has 1 aromatic heterocycles. The van der Waals surface area contributed by atoms with Crippen molar-refractivity contribution >= 4 is 28.6 Å². The van der Waals surface area contributed by atoms with Gasteiger partial charge in [0, 0.05) is 29.3 Å². The fourth-order valence-corrected chi connectivity index (χ4v) is 7.06. The molecule has 270 valence electrons. The Balaban J connectivity index is 1.13. The van der Waals surface area contributed by atoms with Crippen molar-refractivity contribution in [3.8, 4) is 22.3 Å². The van der Waals surface area contributed by atoms with Crippen molar-refractivity contribution in [2.75, 3.05) is 11.9 Å². The lowest BCUT2D eigenvalue weighted by atomic mass is 9.74. The van der Waals surface area contributed by atoms with Crippen molar-refractivity contribution in [3.63, 3.8) is 0 Å². The molecule has 1 amide bonds. The number of aromatic nitrogens is 1. The number of alkyl halides is 6. The summed E-state index contributed by atoms with van der Waals surface area (Å²) in [6, 6.07) is 29.5. The Morgan fingerprint density at radius 1 is 0.792 bits per heavy atom. The summed E-state index contributed by atoms with van der Waals surface area (Å²) >= 11 is 0. The molecule has 1 aliphatic rings. The maximum Gasteiger partial charge on any atom is 0.419 e. The number of amides is 1. The standard InChI is InChI=1S/C40H29F6N3O4/c41-39(42,43)23-47-36(51)38(31-12-5-3-9-28(31)29-10-4-6-13-32(29)38)20-7-21-49-33-19-18-26(22-34(33)53-37(49)52)48-35(50)30-11-2-1-8-27(30)24-14-16-25(17-15-24)40(44,45)46/h1-6,8-19,22H,7,20-21,23H2,(H,47,51)(H,48,50)/p-1. The maximum absolute atomic E-state index is 13.8. The third kappa shape index (κ3) is 6.70. The molecule has 0 radical (unpaired) electrons. The number of hydrogen-bond donors (Lipinski definition) is 1. The number of hydrogen-bond acceptors (Lipinski definition) is 5. The molecule has 7 nitrogen and oxygen atoms in total. The van der Waals surface area contributed by atoms with E-state index in [1.54, 1.807) is 66.7 Å². The Hall–Kier alpha value is -6.11. The van der Waals surface area contributed by atoms with Crippen LogP contribution in [0, 0.1) is 0 Å². The number of aliphatic imine (C=N–C) groups is 1. The van der Waals surface area contributed by atoms with Crippen LogP contribution in [0.4, 0.5) is 32.0 Å². The van der Waals surface area contributed by atoms with Crippen LogP contribution in [0.3, 0.4) is 0 Å². The van der Waals surface area contributed by atoms with Crippen molar-refractivity contribution in [2.24, 2.45) is 4.99 Å². The van der Waals surface area contributed by atoms with Gasteiger partial charge >= 0.3 is 18.1 Å². The number of halogens is 6. The van der Waals surface area contributed by atoms with Crippen LogP contribution < -0.4 is 16.2 Å². The van der Waals surface area contributed by atoms with Gasteiger partial charge in [-0.2, -0.15) is 26.3 Å². The summed E-state index contributed by atoms with van der Waals surface area (Å²) in [5, 5.41) is 16.5. The molecule has 0 bridgehead atoms. The fourth-order valence-electron chi connectivity index (χ4n) is 7.06. The van der Waals surface area contributed by atoms with Crippen LogP contribution in [0.1, 0.15) is 39.9 Å². The summed E-state index contributed by atoms with van der Waals surface area (Å²) < 4.78 is 85.8. The van der Waals surface area contributed by atoms with Crippen LogP contribution in [0.15, 0.2) is 129 Å². The second-order valence-corrected chi connectivity index (χ2v) is 12.6. The van der Waals surface area contributed by atoms with Gasteiger partial charge in [0.25, 0.3) is 5.91 Å². The monoisotopic (exact) mass is 728 g/mol. The Bertz CT molecular complexity index is 2380. The van der Waals surface area contributed by atoms with E-state index >= 15 is 0 Å². The minimum absolute atomic E-state index is 0.0484. The first kappa shape index (κ1) is 35.3. The predicted molar refractivity (Wildman–Crippen MR) is 186 cm³/mol. The van der Waals surface area contributed by atoms with Gasteiger partial charge in [0.2, 0.25) is 0 Å². The van der Waals surface area contributed by atoms with Crippen molar-refractivity contribution in [2.45, 2.75) is 37.2 Å². The van der Waals surface area contributed by atoms with E-state index in [2.05, 4.69) is 10.3 Å². The average molecular weight is 729 g/mol. The number of aryl methyl sites for hydroxylation is 1. The lowest BCUT2D eigenvalue weighted by Gasteiger charge is -2.37. The van der Waals surface area contributed by atoms with E-state index in [9.17, 15) is 41.0 Å². The SMILES string of the molecule is O=C(Nc1ccc2c(c1)oc(=O)n2CCCC1(C([O-])=NCC(F)(F)F)c2ccccc2-c2ccccc21)c1ccccc1-c1ccc(C(F)(F)F)cc1. The first-order valence-corrected chi connectivity index (χ1v) is 16.5. The second kappa shape index (κ2) is 13.5. The molecule has 0 fully saturated rings. The number of carbonyl (C=O) groups is 1. The van der Waals surface area contributed by atoms with E-state index in [0.29, 0.717) is 27.8 Å². The Morgan fingerprint density at radius 3 is 2.02 bits per heavy atom. The maximum atomic E-state index is 13.8. The van der Waals surface area contributed by atoms with E-state index in [0.717, 1.165) is 23.3 Å². The zero-order chi connectivity index (χ0) is 37.5. The molecule has 5 aromatic carbocycles. The third-order valence-electron chi connectivity index (χ3n) is 9.39. The highest BCUT2D eigenvalue weighted by Crippen LogP contribution is 2.51. The highest BCUT2D eigenvalue weighted by molar-refractivity contribution is 6.09. The summed E-state index contributed by atoms with van der Waals surface area (Å²) in [5.41, 5.74) is 2.04. The number of benzene rings is 5. The van der Waals surface area contributed by atoms with Crippen molar-refractivity contribution in [3.05, 3.63) is 148 Å². The highest BCUT2D eigenvalue weighted by atomic mass is 19.4. The molecular weight excluding hydrogens is 700 g/mol. The number of nitrogens with one attached hydrogen (secondary N) is 1. The number of carbonyl (C=O) groups excluding carboxylic acids is 1. The molecular formula is C40H28F6N3O4-. The van der Waals surface area contributed by atoms with Gasteiger partial charge in [-0.25, -0.2) is 4.79 Å². The van der Waals surface area contributed by atoms with E-state index in [1.807, 2.05) is 12.1 Å². The summed E-state index contributed by atoms with van der Waals surface area (Å²) in [5.74, 6) is -2.19. The summed E-state index contributed by atoms with van der Waals surface area (Å²) in [7, 11) is 0. The Labute approximate surface area is 297 Å². The second-order valence-electron chi connectivity index (χ2n) is 12.6. The molecule has 0 unspecified atom stereocenters. The first-order valence-electron chi connectivity index (χ1n) is 16.5. The summed E-state index contributed by atoms with van der Waals surface area (Å²) in [6.45, 7) is -1.57. The number of rotatable bonds is 9. The Kier molecular flexibility index (Phi) is 8.96. The minimum atomic E-state index is -4.68. The van der Waals surface area contributed by atoms with Gasteiger partial charge in [0.15, 0.2) is 5.58 Å². The number of anilines is 1. The minimum Gasteiger partial charge on any atom is -0.861 e. The number of oxazole rings is 1. The van der Waals surface area contributed by atoms with Crippen LogP contribution in [0.2, 0.25) is 0 Å². The molecule has 0 saturated heterocycles. The van der Waals surface area contributed by atoms with Crippen molar-refractivity contribution in [1.29, 1.82) is 0 Å². The Morgan fingerprint density at radius 2 is 1.40 bits per heavy atom. The quantitative estimate of drug-likeness (QED) is 0.0916. The van der Waals surface area contributed by atoms with Crippen molar-refractivity contribution in [1.82, 2.24) is 4.57 Å². The van der Waals surface area contributed by atoms with Gasteiger partial charge in [-0.05, 0) is 82.5 Å². The van der Waals surface area contributed by atoms with Gasteiger partial charge in [-0.1, -0.05) is 78.9 Å². The molecule has 13 heteroatoms. The molecule has 53 heavy (non-hydrogen) atoms. The van der Waals surface area contributed by atoms with Crippen LogP contribution in [0.25, 0.3) is 33.4 Å². The third-order valence-corrected chi connectivity index (χ3v) is 9.39. The molecule has 0 atom stereocenters. The van der Waals surface area contributed by atoms with Crippen LogP contribution >= 0.6 is 0 Å². The van der Waals surface area contributed by atoms with Crippen LogP contribution in [-0.2, 0) is 18.1 Å². The van der Waals surface area contributed by atoms with Gasteiger partial charge in [-0.3, -0.25) is 14.4 Å². The average Bonchev–Trinajstić information content (AvgIpc) is 3.61. The zero-order valence-corrected chi connectivity index (χ0v) is 27.6. The summed E-state index contributed by atoms with van der Waals surface area (Å²) in [4.78, 5) is 29.9. The van der Waals surface area contributed by atoms with Crippen molar-refractivity contribution < 1.29 is 40.7 Å². The van der Waals surface area contributed by atoms with Crippen LogP contribution in [-0.4, -0.2) is 29.1 Å². The normalized spacial score (nSPS) is 13.9. The molecule has 1 aliphatic carbocycles. The van der Waals surface area contributed by atoms with Gasteiger partial charge < -0.3 is 14.8 Å². The molecule has 0 saturated carbocycles. The van der Waals surface area contributed by atoms with E-state index < -0.39 is 47.4 Å². The molecule has 0 aliphatic heterocycles. The molecule has 7 rings (SSSR count). The van der Waals surface area contributed by atoms with Gasteiger partial charge in [0.1, 0.15) is 6.54 Å². The molecule has 1 N–H and O–H groups in total. The lowest BCUT2D eigenvalue weighted by molar-refractivity contribution is -0.226. The van der Waals surface area contributed by atoms with Crippen LogP contribution in [0.5, 0.6) is 0 Å². The largest absolute Gasteiger partial charge is 0.861 e. The topological polar surface area (TPSA) is 99.7 Å². The highest BCUT2D eigenvalue weighted by Gasteiger charge is 2.43. The summed E-state index contributed by atoms with van der Waals surface area (Å²) in [6.07, 6.45) is -8.95. The first-order chi connectivity index (χ1) is 25.3. The van der Waals surface area contributed by atoms with E-state index in [4.69, 9.17) is 4.42 Å². The smallest absolute Gasteiger partial charge is 0.419 e. The van der Waals surface area contributed by atoms with Gasteiger partial charge in [-0.15, -0.1) is 0 Å². The molecule has 1 heterocycles. The number of fused-ring (bicyclic) bond motifs is 4. The van der Waals surface area contributed by atoms with E-state index in [-0.39, 0.29) is 36.2 Å². The fraction of sp³-hybridized carbons (Fsp3) is 0.175.